The van der Waals surface area contributed by atoms with Gasteiger partial charge in [-0.1, -0.05) is 36.4 Å². The molecule has 1 N–H and O–H groups in total. The molecule has 1 atom stereocenters. The molecule has 0 saturated carbocycles. The molecule has 1 aliphatic rings. The predicted molar refractivity (Wildman–Crippen MR) is 118 cm³/mol. The van der Waals surface area contributed by atoms with Gasteiger partial charge in [-0.25, -0.2) is 8.42 Å². The monoisotopic (exact) mass is 474 g/mol. The second kappa shape index (κ2) is 9.72. The van der Waals surface area contributed by atoms with E-state index in [0.717, 1.165) is 21.6 Å². The summed E-state index contributed by atoms with van der Waals surface area (Å²) in [6, 6.07) is 13.1. The van der Waals surface area contributed by atoms with Crippen molar-refractivity contribution < 1.29 is 22.7 Å². The molecule has 0 radical (unpaired) electrons. The molecular formula is C21H22N4O5S2. The number of hydrogen-bond donors (Lipinski definition) is 1. The fourth-order valence-corrected chi connectivity index (χ4v) is 6.03. The van der Waals surface area contributed by atoms with Gasteiger partial charge < -0.3 is 10.1 Å². The van der Waals surface area contributed by atoms with Crippen LogP contribution >= 0.6 is 11.7 Å². The first-order valence-corrected chi connectivity index (χ1v) is 12.3. The Morgan fingerprint density at radius 3 is 2.72 bits per heavy atom. The van der Waals surface area contributed by atoms with Crippen molar-refractivity contribution in [2.75, 3.05) is 13.2 Å². The molecule has 3 aromatic rings. The van der Waals surface area contributed by atoms with Gasteiger partial charge in [0.2, 0.25) is 10.0 Å². The molecule has 0 spiro atoms. The van der Waals surface area contributed by atoms with Crippen LogP contribution in [0, 0.1) is 0 Å². The molecular weight excluding hydrogens is 452 g/mol. The Labute approximate surface area is 189 Å². The molecule has 1 saturated heterocycles. The Kier molecular flexibility index (Phi) is 6.77. The van der Waals surface area contributed by atoms with E-state index in [-0.39, 0.29) is 17.0 Å². The van der Waals surface area contributed by atoms with Gasteiger partial charge in [0.05, 0.1) is 11.7 Å². The van der Waals surface area contributed by atoms with Gasteiger partial charge in [0, 0.05) is 13.1 Å². The van der Waals surface area contributed by atoms with Crippen molar-refractivity contribution in [1.82, 2.24) is 18.4 Å². The highest BCUT2D eigenvalue weighted by atomic mass is 32.2. The molecule has 0 bridgehead atoms. The SMILES string of the molecule is O=C(COC(=O)C1CCCCN1S(=O)(=O)c1cccc2nsnc12)NCc1ccccc1. The molecule has 32 heavy (non-hydrogen) atoms. The Bertz CT molecular complexity index is 1210. The van der Waals surface area contributed by atoms with Crippen LogP contribution in [0.5, 0.6) is 0 Å². The summed E-state index contributed by atoms with van der Waals surface area (Å²) in [5.41, 5.74) is 1.69. The maximum Gasteiger partial charge on any atom is 0.324 e. The summed E-state index contributed by atoms with van der Waals surface area (Å²) in [5, 5.41) is 2.68. The molecule has 2 heterocycles. The zero-order valence-electron chi connectivity index (χ0n) is 17.1. The van der Waals surface area contributed by atoms with Crippen LogP contribution in [0.15, 0.2) is 53.4 Å². The standard InChI is InChI=1S/C21H22N4O5S2/c26-19(22-13-15-7-2-1-3-8-15)14-30-21(27)17-10-4-5-12-25(17)32(28,29)18-11-6-9-16-20(18)24-31-23-16/h1-3,6-9,11,17H,4-5,10,12-14H2,(H,22,26). The van der Waals surface area contributed by atoms with E-state index in [0.29, 0.717) is 31.3 Å². The van der Waals surface area contributed by atoms with Crippen LogP contribution < -0.4 is 5.32 Å². The highest BCUT2D eigenvalue weighted by Crippen LogP contribution is 2.29. The van der Waals surface area contributed by atoms with Crippen molar-refractivity contribution in [1.29, 1.82) is 0 Å². The highest BCUT2D eigenvalue weighted by Gasteiger charge is 2.39. The number of aromatic nitrogens is 2. The Morgan fingerprint density at radius 1 is 1.09 bits per heavy atom. The second-order valence-electron chi connectivity index (χ2n) is 7.39. The van der Waals surface area contributed by atoms with Gasteiger partial charge in [-0.2, -0.15) is 13.1 Å². The number of sulfonamides is 1. The zero-order chi connectivity index (χ0) is 22.6. The van der Waals surface area contributed by atoms with E-state index >= 15 is 0 Å². The fraction of sp³-hybridized carbons (Fsp3) is 0.333. The molecule has 1 fully saturated rings. The molecule has 9 nitrogen and oxygen atoms in total. The normalized spacial score (nSPS) is 17.2. The first-order valence-electron chi connectivity index (χ1n) is 10.2. The zero-order valence-corrected chi connectivity index (χ0v) is 18.8. The van der Waals surface area contributed by atoms with E-state index in [2.05, 4.69) is 14.1 Å². The van der Waals surface area contributed by atoms with Crippen LogP contribution in [-0.2, 0) is 30.9 Å². The van der Waals surface area contributed by atoms with Crippen molar-refractivity contribution >= 4 is 44.7 Å². The van der Waals surface area contributed by atoms with E-state index in [1.807, 2.05) is 30.3 Å². The van der Waals surface area contributed by atoms with Crippen LogP contribution in [0.1, 0.15) is 24.8 Å². The number of rotatable bonds is 7. The van der Waals surface area contributed by atoms with E-state index in [4.69, 9.17) is 4.74 Å². The summed E-state index contributed by atoms with van der Waals surface area (Å²) in [6.07, 6.45) is 1.65. The number of carbonyl (C=O) groups is 2. The summed E-state index contributed by atoms with van der Waals surface area (Å²) in [6.45, 7) is 0.0325. The van der Waals surface area contributed by atoms with Gasteiger partial charge in [0.25, 0.3) is 5.91 Å². The summed E-state index contributed by atoms with van der Waals surface area (Å²) >= 11 is 0.932. The van der Waals surface area contributed by atoms with Gasteiger partial charge in [0.15, 0.2) is 6.61 Å². The van der Waals surface area contributed by atoms with Crippen LogP contribution in [0.25, 0.3) is 11.0 Å². The Balaban J connectivity index is 1.43. The topological polar surface area (TPSA) is 119 Å². The maximum atomic E-state index is 13.4. The van der Waals surface area contributed by atoms with Crippen molar-refractivity contribution in [3.05, 3.63) is 54.1 Å². The molecule has 168 valence electrons. The minimum Gasteiger partial charge on any atom is -0.454 e. The summed E-state index contributed by atoms with van der Waals surface area (Å²) in [4.78, 5) is 24.8. The third-order valence-electron chi connectivity index (χ3n) is 5.24. The largest absolute Gasteiger partial charge is 0.454 e. The van der Waals surface area contributed by atoms with Crippen molar-refractivity contribution in [2.24, 2.45) is 0 Å². The average Bonchev–Trinajstić information content (AvgIpc) is 3.31. The second-order valence-corrected chi connectivity index (χ2v) is 9.77. The summed E-state index contributed by atoms with van der Waals surface area (Å²) < 4.78 is 41.3. The van der Waals surface area contributed by atoms with Gasteiger partial charge in [-0.15, -0.1) is 0 Å². The lowest BCUT2D eigenvalue weighted by atomic mass is 10.1. The summed E-state index contributed by atoms with van der Waals surface area (Å²) in [5.74, 6) is -1.18. The molecule has 2 aromatic carbocycles. The molecule has 1 aliphatic heterocycles. The molecule has 1 unspecified atom stereocenters. The fourth-order valence-electron chi connectivity index (χ4n) is 3.62. The molecule has 11 heteroatoms. The molecule has 1 aromatic heterocycles. The first kappa shape index (κ1) is 22.3. The maximum absolute atomic E-state index is 13.4. The lowest BCUT2D eigenvalue weighted by molar-refractivity contribution is -0.153. The molecule has 4 rings (SSSR count). The number of hydrogen-bond acceptors (Lipinski definition) is 8. The number of piperidine rings is 1. The average molecular weight is 475 g/mol. The minimum absolute atomic E-state index is 0.0176. The van der Waals surface area contributed by atoms with Gasteiger partial charge in [-0.05, 0) is 37.0 Å². The molecule has 1 amide bonds. The number of esters is 1. The first-order chi connectivity index (χ1) is 15.5. The van der Waals surface area contributed by atoms with E-state index in [1.54, 1.807) is 12.1 Å². The lowest BCUT2D eigenvalue weighted by Gasteiger charge is -2.32. The van der Waals surface area contributed by atoms with Crippen LogP contribution in [0.3, 0.4) is 0 Å². The molecule has 0 aliphatic carbocycles. The van der Waals surface area contributed by atoms with Crippen molar-refractivity contribution in [3.8, 4) is 0 Å². The third-order valence-corrected chi connectivity index (χ3v) is 7.72. The van der Waals surface area contributed by atoms with E-state index in [9.17, 15) is 18.0 Å². The van der Waals surface area contributed by atoms with Crippen LogP contribution in [-0.4, -0.2) is 52.5 Å². The number of fused-ring (bicyclic) bond motifs is 1. The number of nitrogens with one attached hydrogen (secondary N) is 1. The number of nitrogens with zero attached hydrogens (tertiary/aromatic N) is 3. The number of benzene rings is 2. The minimum atomic E-state index is -4.00. The Morgan fingerprint density at radius 2 is 1.91 bits per heavy atom. The highest BCUT2D eigenvalue weighted by molar-refractivity contribution is 7.89. The number of amides is 1. The van der Waals surface area contributed by atoms with Crippen LogP contribution in [0.2, 0.25) is 0 Å². The quantitative estimate of drug-likeness (QED) is 0.521. The van der Waals surface area contributed by atoms with E-state index in [1.165, 1.54) is 6.07 Å². The summed E-state index contributed by atoms with van der Waals surface area (Å²) in [7, 11) is -4.00. The van der Waals surface area contributed by atoms with Crippen LogP contribution in [0.4, 0.5) is 0 Å². The lowest BCUT2D eigenvalue weighted by Crippen LogP contribution is -2.49. The Hall–Kier alpha value is -2.89. The van der Waals surface area contributed by atoms with Gasteiger partial charge >= 0.3 is 5.97 Å². The smallest absolute Gasteiger partial charge is 0.324 e. The van der Waals surface area contributed by atoms with E-state index < -0.39 is 34.5 Å². The van der Waals surface area contributed by atoms with Crippen molar-refractivity contribution in [2.45, 2.75) is 36.7 Å². The number of ether oxygens (including phenoxy) is 1. The predicted octanol–water partition coefficient (Wildman–Crippen LogP) is 2.09. The number of carbonyl (C=O) groups excluding carboxylic acids is 2. The van der Waals surface area contributed by atoms with Crippen molar-refractivity contribution in [3.63, 3.8) is 0 Å². The van der Waals surface area contributed by atoms with Gasteiger partial charge in [-0.3, -0.25) is 9.59 Å². The van der Waals surface area contributed by atoms with Gasteiger partial charge in [0.1, 0.15) is 22.0 Å². The third kappa shape index (κ3) is 4.79.